The first kappa shape index (κ1) is 31.3. The van der Waals surface area contributed by atoms with Crippen LogP contribution in [0, 0.1) is 16.2 Å². The lowest BCUT2D eigenvalue weighted by Crippen LogP contribution is -2.42. The van der Waals surface area contributed by atoms with Gasteiger partial charge in [0.05, 0.1) is 27.2 Å². The second-order valence-corrected chi connectivity index (χ2v) is 11.7. The molecule has 0 aliphatic rings. The summed E-state index contributed by atoms with van der Waals surface area (Å²) >= 11 is 0. The third kappa shape index (κ3) is 6.25. The third-order valence-corrected chi connectivity index (χ3v) is 8.37. The summed E-state index contributed by atoms with van der Waals surface area (Å²) in [5.74, 6) is -3.64. The van der Waals surface area contributed by atoms with Gasteiger partial charge in [0.25, 0.3) is 21.5 Å². The van der Waals surface area contributed by atoms with Gasteiger partial charge in [-0.15, -0.1) is 0 Å². The quantitative estimate of drug-likeness (QED) is 0.148. The summed E-state index contributed by atoms with van der Waals surface area (Å²) in [6.07, 6.45) is 3.91. The van der Waals surface area contributed by atoms with Crippen LogP contribution in [-0.4, -0.2) is 40.6 Å². The average Bonchev–Trinajstić information content (AvgIpc) is 3.00. The minimum Gasteiger partial charge on any atom is -0.619 e. The van der Waals surface area contributed by atoms with Gasteiger partial charge in [-0.3, -0.25) is 18.9 Å². The molecule has 46 heavy (non-hydrogen) atoms. The Labute approximate surface area is 258 Å². The molecule has 0 saturated heterocycles. The number of nitrogens with zero attached hydrogens (tertiary/aromatic N) is 4. The van der Waals surface area contributed by atoms with Crippen LogP contribution in [0.25, 0.3) is 16.6 Å². The number of pyridine rings is 2. The van der Waals surface area contributed by atoms with E-state index in [1.807, 2.05) is 0 Å². The number of aryl methyl sites for hydroxylation is 1. The molecule has 1 atom stereocenters. The van der Waals surface area contributed by atoms with Crippen molar-refractivity contribution in [2.45, 2.75) is 17.4 Å². The largest absolute Gasteiger partial charge is 0.619 e. The molecule has 0 radical (unpaired) electrons. The van der Waals surface area contributed by atoms with Crippen molar-refractivity contribution in [2.24, 2.45) is 7.05 Å². The molecule has 0 aliphatic heterocycles. The van der Waals surface area contributed by atoms with Crippen molar-refractivity contribution in [3.8, 4) is 5.69 Å². The molecule has 5 rings (SSSR count). The predicted octanol–water partition coefficient (Wildman–Crippen LogP) is 0.322. The molecule has 2 aromatic carbocycles. The summed E-state index contributed by atoms with van der Waals surface area (Å²) in [5, 5.41) is 34.9. The maximum absolute atomic E-state index is 14.9. The molecule has 0 bridgehead atoms. The number of hydrogen-bond donors (Lipinski definition) is 3. The van der Waals surface area contributed by atoms with E-state index in [0.29, 0.717) is 15.0 Å². The molecular formula is C29H23FN6O9S. The van der Waals surface area contributed by atoms with Crippen molar-refractivity contribution < 1.29 is 37.0 Å². The molecule has 17 heteroatoms. The lowest BCUT2D eigenvalue weighted by atomic mass is 10.0. The van der Waals surface area contributed by atoms with Gasteiger partial charge in [0.15, 0.2) is 18.6 Å². The lowest BCUT2D eigenvalue weighted by Gasteiger charge is -2.16. The molecule has 236 valence electrons. The zero-order chi connectivity index (χ0) is 33.3. The predicted molar refractivity (Wildman–Crippen MR) is 159 cm³/mol. The molecule has 0 spiro atoms. The monoisotopic (exact) mass is 650 g/mol. The molecular weight excluding hydrogens is 627 g/mol. The van der Waals surface area contributed by atoms with E-state index in [1.165, 1.54) is 37.4 Å². The van der Waals surface area contributed by atoms with Gasteiger partial charge in [-0.1, -0.05) is 12.1 Å². The van der Waals surface area contributed by atoms with Crippen molar-refractivity contribution in [1.29, 1.82) is 0 Å². The van der Waals surface area contributed by atoms with Crippen molar-refractivity contribution >= 4 is 38.5 Å². The van der Waals surface area contributed by atoms with E-state index in [2.05, 4.69) is 10.0 Å². The summed E-state index contributed by atoms with van der Waals surface area (Å²) in [6, 6.07) is 10.4. The highest BCUT2D eigenvalue weighted by molar-refractivity contribution is 7.92. The molecule has 0 unspecified atom stereocenters. The Kier molecular flexibility index (Phi) is 8.25. The van der Waals surface area contributed by atoms with Crippen LogP contribution in [0.15, 0.2) is 99.9 Å². The van der Waals surface area contributed by atoms with Crippen molar-refractivity contribution in [3.63, 3.8) is 0 Å². The van der Waals surface area contributed by atoms with Crippen LogP contribution in [0.1, 0.15) is 15.9 Å². The number of carboxylic acids is 1. The van der Waals surface area contributed by atoms with Crippen molar-refractivity contribution in [1.82, 2.24) is 14.5 Å². The van der Waals surface area contributed by atoms with Gasteiger partial charge < -0.3 is 20.8 Å². The maximum Gasteiger partial charge on any atom is 0.336 e. The zero-order valence-corrected chi connectivity index (χ0v) is 24.5. The Bertz CT molecular complexity index is 2240. The van der Waals surface area contributed by atoms with Gasteiger partial charge >= 0.3 is 11.7 Å². The van der Waals surface area contributed by atoms with E-state index < -0.39 is 50.6 Å². The fourth-order valence-electron chi connectivity index (χ4n) is 4.61. The van der Waals surface area contributed by atoms with E-state index >= 15 is 0 Å². The smallest absolute Gasteiger partial charge is 0.336 e. The molecule has 0 fully saturated rings. The number of carbonyl (C=O) groups excluding carboxylic acids is 1. The van der Waals surface area contributed by atoms with Crippen LogP contribution < -0.4 is 30.7 Å². The SMILES string of the molecule is Cn1c(=O)n(-c2ccc(C[C@H](NC(=O)c3ccc(NS(=O)(=O)c4cc[n+]([O-])cc4)cc3F)C(=O)O)cc2)c(=O)c2cc[n+]([O-])cc21. The zero-order valence-electron chi connectivity index (χ0n) is 23.7. The van der Waals surface area contributed by atoms with Crippen LogP contribution in [0.2, 0.25) is 0 Å². The van der Waals surface area contributed by atoms with E-state index in [-0.39, 0.29) is 33.6 Å². The fraction of sp³-hybridized carbons (Fsp3) is 0.103. The number of benzene rings is 2. The number of fused-ring (bicyclic) bond motifs is 1. The highest BCUT2D eigenvalue weighted by Gasteiger charge is 2.24. The Balaban J connectivity index is 1.32. The first-order valence-electron chi connectivity index (χ1n) is 13.2. The molecule has 15 nitrogen and oxygen atoms in total. The number of sulfonamides is 1. The number of halogens is 1. The standard InChI is InChI=1S/C29H23FN6O9S/c1-33-25-16-35(43)13-10-22(25)27(38)36(29(33)41)19-5-2-17(3-6-19)14-24(28(39)40)31-26(37)21-7-4-18(15-23(21)30)32-46(44,45)20-8-11-34(42)12-9-20/h2-13,15-16,24,32H,14H2,1H3,(H,31,37)(H,39,40)/t24-/m0/s1. The summed E-state index contributed by atoms with van der Waals surface area (Å²) < 4.78 is 44.9. The van der Waals surface area contributed by atoms with Crippen LogP contribution in [0.4, 0.5) is 10.1 Å². The number of aliphatic carboxylic acids is 1. The first-order chi connectivity index (χ1) is 21.7. The Morgan fingerprint density at radius 3 is 2.26 bits per heavy atom. The number of anilines is 1. The normalized spacial score (nSPS) is 12.0. The Morgan fingerprint density at radius 2 is 1.63 bits per heavy atom. The summed E-state index contributed by atoms with van der Waals surface area (Å²) in [5.41, 5.74) is -1.46. The summed E-state index contributed by atoms with van der Waals surface area (Å²) in [7, 11) is -2.78. The minimum absolute atomic E-state index is 0.124. The Hall–Kier alpha value is -6.10. The second kappa shape index (κ2) is 12.1. The first-order valence-corrected chi connectivity index (χ1v) is 14.7. The van der Waals surface area contributed by atoms with Crippen LogP contribution in [0.3, 0.4) is 0 Å². The summed E-state index contributed by atoms with van der Waals surface area (Å²) in [6.45, 7) is 0. The van der Waals surface area contributed by atoms with Gasteiger partial charge in [0.2, 0.25) is 6.20 Å². The fourth-order valence-corrected chi connectivity index (χ4v) is 5.65. The average molecular weight is 651 g/mol. The van der Waals surface area contributed by atoms with E-state index in [1.54, 1.807) is 0 Å². The van der Waals surface area contributed by atoms with Crippen LogP contribution in [0.5, 0.6) is 0 Å². The molecule has 3 N–H and O–H groups in total. The number of carboxylic acid groups (broad SMARTS) is 1. The summed E-state index contributed by atoms with van der Waals surface area (Å²) in [4.78, 5) is 50.5. The number of nitrogens with one attached hydrogen (secondary N) is 2. The highest BCUT2D eigenvalue weighted by Crippen LogP contribution is 2.19. The van der Waals surface area contributed by atoms with E-state index in [4.69, 9.17) is 0 Å². The number of amides is 1. The van der Waals surface area contributed by atoms with Gasteiger partial charge in [-0.2, -0.15) is 9.46 Å². The molecule has 0 saturated carbocycles. The minimum atomic E-state index is -4.18. The molecule has 3 heterocycles. The highest BCUT2D eigenvalue weighted by atomic mass is 32.2. The van der Waals surface area contributed by atoms with Crippen LogP contribution in [-0.2, 0) is 28.3 Å². The van der Waals surface area contributed by atoms with Gasteiger partial charge in [0.1, 0.15) is 17.4 Å². The number of rotatable bonds is 9. The second-order valence-electron chi connectivity index (χ2n) is 10.0. The lowest BCUT2D eigenvalue weighted by molar-refractivity contribution is -0.605. The topological polar surface area (TPSA) is 210 Å². The number of carbonyl (C=O) groups is 2. The third-order valence-electron chi connectivity index (χ3n) is 6.97. The van der Waals surface area contributed by atoms with Gasteiger partial charge in [-0.05, 0) is 35.9 Å². The number of hydrogen-bond acceptors (Lipinski definition) is 8. The molecule has 1 amide bonds. The molecule has 0 aliphatic carbocycles. The van der Waals surface area contributed by atoms with Gasteiger partial charge in [0, 0.05) is 31.7 Å². The maximum atomic E-state index is 14.9. The molecule has 3 aromatic heterocycles. The van der Waals surface area contributed by atoms with Gasteiger partial charge in [-0.25, -0.2) is 27.0 Å². The Morgan fingerprint density at radius 1 is 0.978 bits per heavy atom. The van der Waals surface area contributed by atoms with E-state index in [9.17, 15) is 47.5 Å². The van der Waals surface area contributed by atoms with Crippen molar-refractivity contribution in [2.75, 3.05) is 4.72 Å². The van der Waals surface area contributed by atoms with E-state index in [0.717, 1.165) is 64.3 Å². The van der Waals surface area contributed by atoms with Crippen LogP contribution >= 0.6 is 0 Å². The van der Waals surface area contributed by atoms with Crippen molar-refractivity contribution in [3.05, 3.63) is 134 Å². The number of aromatic nitrogens is 4. The molecule has 5 aromatic rings.